The molecule has 1 N–H and O–H groups in total. The number of anilines is 1. The van der Waals surface area contributed by atoms with E-state index in [1.807, 2.05) is 13.0 Å². The SMILES string of the molecule is Cc1cc(NCCOCCC(C)C)n2ncnc2n1. The van der Waals surface area contributed by atoms with Crippen LogP contribution in [0, 0.1) is 12.8 Å². The van der Waals surface area contributed by atoms with E-state index in [0.717, 1.165) is 31.1 Å². The first-order chi connectivity index (χ1) is 9.16. The van der Waals surface area contributed by atoms with Crippen LogP contribution >= 0.6 is 0 Å². The average Bonchev–Trinajstić information content (AvgIpc) is 2.80. The predicted octanol–water partition coefficient (Wildman–Crippen LogP) is 1.91. The largest absolute Gasteiger partial charge is 0.380 e. The second-order valence-corrected chi connectivity index (χ2v) is 4.98. The van der Waals surface area contributed by atoms with Crippen LogP contribution in [0.2, 0.25) is 0 Å². The molecular weight excluding hydrogens is 242 g/mol. The molecular formula is C13H21N5O. The molecule has 0 amide bonds. The lowest BCUT2D eigenvalue weighted by Gasteiger charge is -2.09. The first-order valence-electron chi connectivity index (χ1n) is 6.66. The van der Waals surface area contributed by atoms with Crippen molar-refractivity contribution in [2.75, 3.05) is 25.1 Å². The van der Waals surface area contributed by atoms with Crippen LogP contribution in [0.3, 0.4) is 0 Å². The number of hydrogen-bond donors (Lipinski definition) is 1. The Morgan fingerprint density at radius 2 is 2.21 bits per heavy atom. The molecule has 6 nitrogen and oxygen atoms in total. The lowest BCUT2D eigenvalue weighted by atomic mass is 10.1. The number of hydrogen-bond acceptors (Lipinski definition) is 5. The maximum atomic E-state index is 5.57. The molecule has 0 unspecified atom stereocenters. The van der Waals surface area contributed by atoms with Crippen molar-refractivity contribution in [3.63, 3.8) is 0 Å². The van der Waals surface area contributed by atoms with E-state index < -0.39 is 0 Å². The summed E-state index contributed by atoms with van der Waals surface area (Å²) in [4.78, 5) is 8.38. The van der Waals surface area contributed by atoms with Crippen molar-refractivity contribution in [2.24, 2.45) is 5.92 Å². The maximum Gasteiger partial charge on any atom is 0.254 e. The molecule has 0 aliphatic heterocycles. The highest BCUT2D eigenvalue weighted by atomic mass is 16.5. The normalized spacial score (nSPS) is 11.4. The van der Waals surface area contributed by atoms with Gasteiger partial charge in [0, 0.05) is 24.9 Å². The van der Waals surface area contributed by atoms with E-state index in [1.165, 1.54) is 6.33 Å². The molecule has 0 saturated heterocycles. The summed E-state index contributed by atoms with van der Waals surface area (Å²) in [5, 5.41) is 7.44. The number of aromatic nitrogens is 4. The van der Waals surface area contributed by atoms with Gasteiger partial charge < -0.3 is 10.1 Å². The van der Waals surface area contributed by atoms with Crippen LogP contribution < -0.4 is 5.32 Å². The zero-order chi connectivity index (χ0) is 13.7. The second-order valence-electron chi connectivity index (χ2n) is 4.98. The number of nitrogens with one attached hydrogen (secondary N) is 1. The molecule has 6 heteroatoms. The van der Waals surface area contributed by atoms with Crippen molar-refractivity contribution < 1.29 is 4.74 Å². The van der Waals surface area contributed by atoms with Crippen LogP contribution in [-0.2, 0) is 4.74 Å². The van der Waals surface area contributed by atoms with E-state index in [2.05, 4.69) is 34.2 Å². The fraction of sp³-hybridized carbons (Fsp3) is 0.615. The summed E-state index contributed by atoms with van der Waals surface area (Å²) in [6.45, 7) is 8.58. The van der Waals surface area contributed by atoms with Crippen LogP contribution in [0.5, 0.6) is 0 Å². The lowest BCUT2D eigenvalue weighted by molar-refractivity contribution is 0.132. The summed E-state index contributed by atoms with van der Waals surface area (Å²) in [6.07, 6.45) is 2.60. The first-order valence-corrected chi connectivity index (χ1v) is 6.66. The summed E-state index contributed by atoms with van der Waals surface area (Å²) in [5.74, 6) is 2.20. The maximum absolute atomic E-state index is 5.57. The van der Waals surface area contributed by atoms with Crippen molar-refractivity contribution in [1.29, 1.82) is 0 Å². The minimum atomic E-state index is 0.614. The van der Waals surface area contributed by atoms with E-state index in [-0.39, 0.29) is 0 Å². The van der Waals surface area contributed by atoms with Gasteiger partial charge in [0.2, 0.25) is 0 Å². The molecule has 2 aromatic rings. The highest BCUT2D eigenvalue weighted by Crippen LogP contribution is 2.09. The summed E-state index contributed by atoms with van der Waals surface area (Å²) >= 11 is 0. The smallest absolute Gasteiger partial charge is 0.254 e. The molecule has 2 aromatic heterocycles. The van der Waals surface area contributed by atoms with Crippen LogP contribution in [0.1, 0.15) is 26.0 Å². The highest BCUT2D eigenvalue weighted by Gasteiger charge is 2.04. The van der Waals surface area contributed by atoms with Crippen molar-refractivity contribution in [3.05, 3.63) is 18.1 Å². The summed E-state index contributed by atoms with van der Waals surface area (Å²) in [7, 11) is 0. The van der Waals surface area contributed by atoms with Gasteiger partial charge in [0.15, 0.2) is 0 Å². The van der Waals surface area contributed by atoms with Crippen molar-refractivity contribution >= 4 is 11.6 Å². The van der Waals surface area contributed by atoms with E-state index in [1.54, 1.807) is 4.52 Å². The van der Waals surface area contributed by atoms with Crippen LogP contribution in [0.15, 0.2) is 12.4 Å². The van der Waals surface area contributed by atoms with Gasteiger partial charge in [-0.3, -0.25) is 0 Å². The molecule has 0 aliphatic rings. The Bertz CT molecular complexity index is 523. The van der Waals surface area contributed by atoms with Gasteiger partial charge in [0.1, 0.15) is 12.1 Å². The second kappa shape index (κ2) is 6.47. The number of nitrogens with zero attached hydrogens (tertiary/aromatic N) is 4. The molecule has 2 rings (SSSR count). The lowest BCUT2D eigenvalue weighted by Crippen LogP contribution is -2.13. The van der Waals surface area contributed by atoms with Crippen molar-refractivity contribution in [1.82, 2.24) is 19.6 Å². The molecule has 0 fully saturated rings. The van der Waals surface area contributed by atoms with E-state index in [0.29, 0.717) is 18.3 Å². The molecule has 2 heterocycles. The molecule has 0 atom stereocenters. The Labute approximate surface area is 113 Å². The minimum Gasteiger partial charge on any atom is -0.380 e. The summed E-state index contributed by atoms with van der Waals surface area (Å²) in [6, 6.07) is 1.95. The van der Waals surface area contributed by atoms with Gasteiger partial charge in [-0.05, 0) is 19.3 Å². The number of aryl methyl sites for hydroxylation is 1. The first kappa shape index (κ1) is 13.7. The molecule has 0 spiro atoms. The fourth-order valence-corrected chi connectivity index (χ4v) is 1.73. The van der Waals surface area contributed by atoms with Crippen LogP contribution in [0.25, 0.3) is 5.78 Å². The van der Waals surface area contributed by atoms with Gasteiger partial charge in [-0.25, -0.2) is 4.98 Å². The Balaban J connectivity index is 1.83. The van der Waals surface area contributed by atoms with Crippen LogP contribution in [0.4, 0.5) is 5.82 Å². The quantitative estimate of drug-likeness (QED) is 0.773. The number of rotatable bonds is 7. The van der Waals surface area contributed by atoms with Gasteiger partial charge in [-0.1, -0.05) is 13.8 Å². The highest BCUT2D eigenvalue weighted by molar-refractivity contribution is 5.44. The molecule has 0 saturated carbocycles. The molecule has 19 heavy (non-hydrogen) atoms. The molecule has 0 radical (unpaired) electrons. The van der Waals surface area contributed by atoms with Crippen molar-refractivity contribution in [3.8, 4) is 0 Å². The van der Waals surface area contributed by atoms with Gasteiger partial charge in [0.05, 0.1) is 6.61 Å². The Morgan fingerprint density at radius 3 is 3.00 bits per heavy atom. The van der Waals surface area contributed by atoms with Gasteiger partial charge in [0.25, 0.3) is 5.78 Å². The molecule has 0 aliphatic carbocycles. The predicted molar refractivity (Wildman–Crippen MR) is 74.3 cm³/mol. The van der Waals surface area contributed by atoms with E-state index >= 15 is 0 Å². The number of ether oxygens (including phenoxy) is 1. The number of fused-ring (bicyclic) bond motifs is 1. The Kier molecular flexibility index (Phi) is 4.68. The van der Waals surface area contributed by atoms with Gasteiger partial charge in [-0.2, -0.15) is 14.6 Å². The molecule has 104 valence electrons. The Hall–Kier alpha value is -1.69. The summed E-state index contributed by atoms with van der Waals surface area (Å²) < 4.78 is 7.26. The standard InChI is InChI=1S/C13H21N5O/c1-10(2)4-6-19-7-5-14-12-8-11(3)17-13-15-9-16-18(12)13/h8-10,14H,4-7H2,1-3H3. The van der Waals surface area contributed by atoms with E-state index in [9.17, 15) is 0 Å². The van der Waals surface area contributed by atoms with Gasteiger partial charge >= 0.3 is 0 Å². The topological polar surface area (TPSA) is 64.3 Å². The third-order valence-corrected chi connectivity index (χ3v) is 2.77. The zero-order valence-electron chi connectivity index (χ0n) is 11.8. The monoisotopic (exact) mass is 263 g/mol. The minimum absolute atomic E-state index is 0.614. The van der Waals surface area contributed by atoms with E-state index in [4.69, 9.17) is 4.74 Å². The third kappa shape index (κ3) is 3.89. The fourth-order valence-electron chi connectivity index (χ4n) is 1.73. The molecule has 0 bridgehead atoms. The van der Waals surface area contributed by atoms with Crippen molar-refractivity contribution in [2.45, 2.75) is 27.2 Å². The zero-order valence-corrected chi connectivity index (χ0v) is 11.8. The molecule has 0 aromatic carbocycles. The van der Waals surface area contributed by atoms with Gasteiger partial charge in [-0.15, -0.1) is 0 Å². The average molecular weight is 263 g/mol. The summed E-state index contributed by atoms with van der Waals surface area (Å²) in [5.41, 5.74) is 0.920. The Morgan fingerprint density at radius 1 is 1.37 bits per heavy atom. The third-order valence-electron chi connectivity index (χ3n) is 2.77. The van der Waals surface area contributed by atoms with Crippen LogP contribution in [-0.4, -0.2) is 39.3 Å².